The Hall–Kier alpha value is -0.860. The van der Waals surface area contributed by atoms with E-state index in [-0.39, 0.29) is 11.8 Å². The van der Waals surface area contributed by atoms with Crippen molar-refractivity contribution in [1.29, 1.82) is 0 Å². The van der Waals surface area contributed by atoms with Gasteiger partial charge in [0.25, 0.3) is 0 Å². The first-order valence-electron chi connectivity index (χ1n) is 9.28. The third-order valence-corrected chi connectivity index (χ3v) is 5.45. The van der Waals surface area contributed by atoms with E-state index >= 15 is 0 Å². The van der Waals surface area contributed by atoms with Crippen LogP contribution in [0.1, 0.15) is 33.1 Å². The van der Waals surface area contributed by atoms with E-state index in [1.54, 1.807) is 7.11 Å². The van der Waals surface area contributed by atoms with Crippen LogP contribution >= 0.6 is 0 Å². The fourth-order valence-electron chi connectivity index (χ4n) is 2.85. The van der Waals surface area contributed by atoms with Crippen molar-refractivity contribution in [2.75, 3.05) is 58.4 Å². The van der Waals surface area contributed by atoms with Crippen molar-refractivity contribution in [3.63, 3.8) is 0 Å². The van der Waals surface area contributed by atoms with E-state index in [9.17, 15) is 8.42 Å². The molecule has 25 heavy (non-hydrogen) atoms. The van der Waals surface area contributed by atoms with Crippen LogP contribution in [0, 0.1) is 5.92 Å². The molecule has 0 radical (unpaired) electrons. The summed E-state index contributed by atoms with van der Waals surface area (Å²) in [6.45, 7) is 9.65. The van der Waals surface area contributed by atoms with Gasteiger partial charge in [-0.3, -0.25) is 4.99 Å². The molecular weight excluding hydrogens is 340 g/mol. The number of aliphatic imine (C=N–C) groups is 1. The summed E-state index contributed by atoms with van der Waals surface area (Å²) in [5.41, 5.74) is 0. The Morgan fingerprint density at radius 1 is 1.36 bits per heavy atom. The average Bonchev–Trinajstić information content (AvgIpc) is 2.56. The third kappa shape index (κ3) is 10.7. The van der Waals surface area contributed by atoms with Gasteiger partial charge in [0.1, 0.15) is 9.84 Å². The maximum Gasteiger partial charge on any atom is 0.191 e. The van der Waals surface area contributed by atoms with Crippen molar-refractivity contribution in [2.24, 2.45) is 10.9 Å². The molecule has 1 saturated heterocycles. The Labute approximate surface area is 153 Å². The van der Waals surface area contributed by atoms with Crippen molar-refractivity contribution in [1.82, 2.24) is 15.5 Å². The number of guanidine groups is 1. The standard InChI is InChI=1S/C17H36N4O3S/c1-5-18-17(20-15(2)8-13-25(4,22)23)19-14-16-6-9-21(10-7-16)11-12-24-3/h15-16H,5-14H2,1-4H3,(H2,18,19,20). The Morgan fingerprint density at radius 3 is 2.60 bits per heavy atom. The minimum atomic E-state index is -2.92. The second-order valence-electron chi connectivity index (χ2n) is 6.96. The Kier molecular flexibility index (Phi) is 10.4. The SMILES string of the molecule is CCNC(=NCC1CCN(CCOC)CC1)NC(C)CCS(C)(=O)=O. The lowest BCUT2D eigenvalue weighted by atomic mass is 9.97. The van der Waals surface area contributed by atoms with Crippen LogP contribution in [0.25, 0.3) is 0 Å². The lowest BCUT2D eigenvalue weighted by Crippen LogP contribution is -2.43. The first-order chi connectivity index (χ1) is 11.8. The van der Waals surface area contributed by atoms with Gasteiger partial charge < -0.3 is 20.3 Å². The molecule has 1 heterocycles. The zero-order valence-electron chi connectivity index (χ0n) is 16.3. The fraction of sp³-hybridized carbons (Fsp3) is 0.941. The van der Waals surface area contributed by atoms with Crippen molar-refractivity contribution < 1.29 is 13.2 Å². The highest BCUT2D eigenvalue weighted by Gasteiger charge is 2.19. The summed E-state index contributed by atoms with van der Waals surface area (Å²) in [7, 11) is -1.18. The highest BCUT2D eigenvalue weighted by Crippen LogP contribution is 2.17. The van der Waals surface area contributed by atoms with Crippen molar-refractivity contribution >= 4 is 15.8 Å². The minimum absolute atomic E-state index is 0.0726. The van der Waals surface area contributed by atoms with Gasteiger partial charge in [0.05, 0.1) is 12.4 Å². The van der Waals surface area contributed by atoms with E-state index in [4.69, 9.17) is 9.73 Å². The molecule has 148 valence electrons. The molecule has 0 aromatic heterocycles. The van der Waals surface area contributed by atoms with Gasteiger partial charge in [-0.1, -0.05) is 0 Å². The van der Waals surface area contributed by atoms with Crippen LogP contribution in [0.3, 0.4) is 0 Å². The number of nitrogens with zero attached hydrogens (tertiary/aromatic N) is 2. The number of methoxy groups -OCH3 is 1. The number of piperidine rings is 1. The summed E-state index contributed by atoms with van der Waals surface area (Å²) in [5.74, 6) is 1.59. The van der Waals surface area contributed by atoms with Crippen LogP contribution in [0.2, 0.25) is 0 Å². The molecular formula is C17H36N4O3S. The van der Waals surface area contributed by atoms with Gasteiger partial charge in [0.2, 0.25) is 0 Å². The van der Waals surface area contributed by atoms with Crippen LogP contribution in [0.4, 0.5) is 0 Å². The molecule has 0 aromatic rings. The predicted octanol–water partition coefficient (Wildman–Crippen LogP) is 0.723. The van der Waals surface area contributed by atoms with Gasteiger partial charge >= 0.3 is 0 Å². The zero-order chi connectivity index (χ0) is 18.7. The zero-order valence-corrected chi connectivity index (χ0v) is 17.1. The van der Waals surface area contributed by atoms with Crippen molar-refractivity contribution in [3.8, 4) is 0 Å². The van der Waals surface area contributed by atoms with Crippen molar-refractivity contribution in [3.05, 3.63) is 0 Å². The van der Waals surface area contributed by atoms with E-state index < -0.39 is 9.84 Å². The molecule has 2 N–H and O–H groups in total. The van der Waals surface area contributed by atoms with E-state index in [1.165, 1.54) is 6.26 Å². The second-order valence-corrected chi connectivity index (χ2v) is 9.22. The summed E-state index contributed by atoms with van der Waals surface area (Å²) in [6.07, 6.45) is 4.19. The van der Waals surface area contributed by atoms with Crippen LogP contribution in [0.5, 0.6) is 0 Å². The van der Waals surface area contributed by atoms with Gasteiger partial charge in [-0.05, 0) is 52.1 Å². The smallest absolute Gasteiger partial charge is 0.191 e. The Balaban J connectivity index is 2.40. The number of hydrogen-bond donors (Lipinski definition) is 2. The predicted molar refractivity (Wildman–Crippen MR) is 104 cm³/mol. The molecule has 1 atom stereocenters. The average molecular weight is 377 g/mol. The summed E-state index contributed by atoms with van der Waals surface area (Å²) in [5, 5.41) is 6.56. The molecule has 1 fully saturated rings. The summed E-state index contributed by atoms with van der Waals surface area (Å²) >= 11 is 0. The molecule has 1 aliphatic rings. The van der Waals surface area contributed by atoms with Crippen molar-refractivity contribution in [2.45, 2.75) is 39.2 Å². The summed E-state index contributed by atoms with van der Waals surface area (Å²) in [6, 6.07) is 0.0726. The van der Waals surface area contributed by atoms with Crippen LogP contribution in [-0.4, -0.2) is 83.8 Å². The molecule has 7 nitrogen and oxygen atoms in total. The van der Waals surface area contributed by atoms with Gasteiger partial charge in [-0.25, -0.2) is 8.42 Å². The molecule has 1 aliphatic heterocycles. The molecule has 0 aliphatic carbocycles. The summed E-state index contributed by atoms with van der Waals surface area (Å²) in [4.78, 5) is 7.16. The first-order valence-corrected chi connectivity index (χ1v) is 11.3. The normalized spacial score (nSPS) is 19.0. The van der Waals surface area contributed by atoms with Gasteiger partial charge in [-0.2, -0.15) is 0 Å². The van der Waals surface area contributed by atoms with E-state index in [1.807, 2.05) is 13.8 Å². The third-order valence-electron chi connectivity index (χ3n) is 4.48. The maximum absolute atomic E-state index is 11.3. The number of sulfone groups is 1. The maximum atomic E-state index is 11.3. The quantitative estimate of drug-likeness (QED) is 0.432. The van der Waals surface area contributed by atoms with Crippen LogP contribution in [-0.2, 0) is 14.6 Å². The van der Waals surface area contributed by atoms with Gasteiger partial charge in [-0.15, -0.1) is 0 Å². The monoisotopic (exact) mass is 376 g/mol. The fourth-order valence-corrected chi connectivity index (χ4v) is 3.63. The Bertz CT molecular complexity index is 488. The second kappa shape index (κ2) is 11.7. The molecule has 0 saturated carbocycles. The van der Waals surface area contributed by atoms with Crippen LogP contribution < -0.4 is 10.6 Å². The molecule has 1 rings (SSSR count). The number of ether oxygens (including phenoxy) is 1. The van der Waals surface area contributed by atoms with E-state index in [2.05, 4.69) is 15.5 Å². The lowest BCUT2D eigenvalue weighted by molar-refractivity contribution is 0.121. The van der Waals surface area contributed by atoms with Gasteiger partial charge in [0, 0.05) is 39.0 Å². The number of hydrogen-bond acceptors (Lipinski definition) is 5. The number of likely N-dealkylation sites (tertiary alicyclic amines) is 1. The summed E-state index contributed by atoms with van der Waals surface area (Å²) < 4.78 is 27.7. The van der Waals surface area contributed by atoms with E-state index in [0.717, 1.165) is 58.1 Å². The molecule has 8 heteroatoms. The highest BCUT2D eigenvalue weighted by molar-refractivity contribution is 7.90. The molecule has 0 bridgehead atoms. The van der Waals surface area contributed by atoms with Gasteiger partial charge in [0.15, 0.2) is 5.96 Å². The molecule has 1 unspecified atom stereocenters. The molecule has 0 aromatic carbocycles. The largest absolute Gasteiger partial charge is 0.383 e. The minimum Gasteiger partial charge on any atom is -0.383 e. The topological polar surface area (TPSA) is 83.0 Å². The van der Waals surface area contributed by atoms with Crippen LogP contribution in [0.15, 0.2) is 4.99 Å². The molecule has 0 amide bonds. The number of nitrogens with one attached hydrogen (secondary N) is 2. The first kappa shape index (κ1) is 22.2. The molecule has 0 spiro atoms. The number of rotatable bonds is 10. The van der Waals surface area contributed by atoms with E-state index in [0.29, 0.717) is 12.3 Å². The lowest BCUT2D eigenvalue weighted by Gasteiger charge is -2.31. The Morgan fingerprint density at radius 2 is 2.04 bits per heavy atom. The highest BCUT2D eigenvalue weighted by atomic mass is 32.2.